The molecule has 6 heteroatoms. The molecule has 2 aliphatic rings. The lowest BCUT2D eigenvalue weighted by Gasteiger charge is -2.42. The highest BCUT2D eigenvalue weighted by Gasteiger charge is 2.32. The van der Waals surface area contributed by atoms with E-state index >= 15 is 0 Å². The third-order valence-electron chi connectivity index (χ3n) is 5.11. The van der Waals surface area contributed by atoms with Crippen molar-refractivity contribution < 1.29 is 19.8 Å². The number of hydrogen-bond donors (Lipinski definition) is 4. The molecule has 166 valence electrons. The first-order chi connectivity index (χ1) is 12.5. The van der Waals surface area contributed by atoms with E-state index in [9.17, 15) is 9.59 Å². The van der Waals surface area contributed by atoms with Crippen LogP contribution in [0.5, 0.6) is 0 Å². The van der Waals surface area contributed by atoms with Gasteiger partial charge in [0.15, 0.2) is 0 Å². The van der Waals surface area contributed by atoms with Crippen molar-refractivity contribution in [1.82, 2.24) is 10.6 Å². The summed E-state index contributed by atoms with van der Waals surface area (Å²) in [5, 5.41) is 23.1. The normalized spacial score (nSPS) is 23.9. The van der Waals surface area contributed by atoms with Crippen molar-refractivity contribution in [3.63, 3.8) is 0 Å². The average molecular weight is 401 g/mol. The molecule has 0 spiro atoms. The van der Waals surface area contributed by atoms with E-state index in [1.54, 1.807) is 0 Å². The van der Waals surface area contributed by atoms with Crippen molar-refractivity contribution in [2.24, 2.45) is 0 Å². The van der Waals surface area contributed by atoms with Gasteiger partial charge in [0, 0.05) is 22.2 Å². The Kier molecular flexibility index (Phi) is 10.2. The second-order valence-corrected chi connectivity index (χ2v) is 10.8. The summed E-state index contributed by atoms with van der Waals surface area (Å²) in [4.78, 5) is 19.3. The maximum atomic E-state index is 9.64. The van der Waals surface area contributed by atoms with E-state index < -0.39 is 11.9 Å². The highest BCUT2D eigenvalue weighted by Crippen LogP contribution is 2.28. The zero-order valence-electron chi connectivity index (χ0n) is 19.4. The van der Waals surface area contributed by atoms with E-state index in [4.69, 9.17) is 10.2 Å². The Morgan fingerprint density at radius 3 is 0.929 bits per heavy atom. The quantitative estimate of drug-likeness (QED) is 0.554. The molecular formula is C22H44N2O4. The Hall–Kier alpha value is -1.14. The maximum absolute atomic E-state index is 9.64. The molecule has 2 aliphatic heterocycles. The molecule has 0 radical (unpaired) electrons. The monoisotopic (exact) mass is 400 g/mol. The molecule has 0 bridgehead atoms. The molecule has 2 rings (SSSR count). The summed E-state index contributed by atoms with van der Waals surface area (Å²) in [6.07, 6.45) is 7.41. The van der Waals surface area contributed by atoms with Crippen LogP contribution >= 0.6 is 0 Å². The molecule has 6 nitrogen and oxygen atoms in total. The number of hydrogen-bond acceptors (Lipinski definition) is 4. The highest BCUT2D eigenvalue weighted by atomic mass is 16.4. The van der Waals surface area contributed by atoms with E-state index in [1.165, 1.54) is 38.5 Å². The number of rotatable bonds is 3. The van der Waals surface area contributed by atoms with Gasteiger partial charge in [0.1, 0.15) is 0 Å². The third kappa shape index (κ3) is 13.9. The van der Waals surface area contributed by atoms with Crippen molar-refractivity contribution in [3.05, 3.63) is 0 Å². The molecule has 0 amide bonds. The van der Waals surface area contributed by atoms with Crippen LogP contribution in [0.25, 0.3) is 0 Å². The van der Waals surface area contributed by atoms with Gasteiger partial charge in [-0.15, -0.1) is 0 Å². The summed E-state index contributed by atoms with van der Waals surface area (Å²) in [6.45, 7) is 18.3. The fourth-order valence-corrected chi connectivity index (χ4v) is 4.24. The highest BCUT2D eigenvalue weighted by molar-refractivity contribution is 5.75. The molecule has 0 atom stereocenters. The molecule has 2 saturated heterocycles. The summed E-state index contributed by atoms with van der Waals surface area (Å²) < 4.78 is 0. The topological polar surface area (TPSA) is 98.7 Å². The van der Waals surface area contributed by atoms with Gasteiger partial charge in [0.2, 0.25) is 0 Å². The predicted molar refractivity (Wildman–Crippen MR) is 115 cm³/mol. The van der Waals surface area contributed by atoms with Crippen LogP contribution < -0.4 is 10.6 Å². The van der Waals surface area contributed by atoms with E-state index in [-0.39, 0.29) is 12.8 Å². The van der Waals surface area contributed by atoms with Crippen LogP contribution in [0.4, 0.5) is 0 Å². The molecule has 4 N–H and O–H groups in total. The van der Waals surface area contributed by atoms with Gasteiger partial charge in [0.05, 0.1) is 12.8 Å². The minimum Gasteiger partial charge on any atom is -0.481 e. The van der Waals surface area contributed by atoms with Crippen molar-refractivity contribution in [2.45, 2.75) is 129 Å². The van der Waals surface area contributed by atoms with Crippen molar-refractivity contribution >= 4 is 11.9 Å². The van der Waals surface area contributed by atoms with Crippen LogP contribution in [0.2, 0.25) is 0 Å². The lowest BCUT2D eigenvalue weighted by atomic mass is 9.83. The standard InChI is InChI=1S/2C9H19N.C4H6O4/c2*1-8(2)6-5-7-9(3,4)10-8;5-3(6)1-2-4(7)8/h2*10H,5-7H2,1-4H3;1-2H2,(H,5,6)(H,7,8). The number of carboxylic acids is 2. The van der Waals surface area contributed by atoms with Crippen LogP contribution in [0.1, 0.15) is 107 Å². The molecule has 28 heavy (non-hydrogen) atoms. The summed E-state index contributed by atoms with van der Waals surface area (Å²) in [5.41, 5.74) is 1.45. The number of piperidine rings is 2. The summed E-state index contributed by atoms with van der Waals surface area (Å²) in [7, 11) is 0. The average Bonchev–Trinajstić information content (AvgIpc) is 2.41. The molecule has 0 aromatic carbocycles. The second kappa shape index (κ2) is 10.6. The molecule has 0 aromatic rings. The Morgan fingerprint density at radius 1 is 0.607 bits per heavy atom. The molecule has 2 fully saturated rings. The number of aliphatic carboxylic acids is 2. The Bertz CT molecular complexity index is 437. The van der Waals surface area contributed by atoms with Gasteiger partial charge in [0.25, 0.3) is 0 Å². The number of nitrogens with one attached hydrogen (secondary N) is 2. The van der Waals surface area contributed by atoms with Crippen LogP contribution in [-0.4, -0.2) is 44.3 Å². The van der Waals surface area contributed by atoms with Crippen LogP contribution in [-0.2, 0) is 9.59 Å². The van der Waals surface area contributed by atoms with Crippen molar-refractivity contribution in [2.75, 3.05) is 0 Å². The lowest BCUT2D eigenvalue weighted by molar-refractivity contribution is -0.143. The summed E-state index contributed by atoms with van der Waals surface area (Å²) in [6, 6.07) is 0. The maximum Gasteiger partial charge on any atom is 0.303 e. The second-order valence-electron chi connectivity index (χ2n) is 10.8. The third-order valence-corrected chi connectivity index (χ3v) is 5.11. The fourth-order valence-electron chi connectivity index (χ4n) is 4.24. The molecule has 0 aliphatic carbocycles. The summed E-state index contributed by atoms with van der Waals surface area (Å²) >= 11 is 0. The van der Waals surface area contributed by atoms with Gasteiger partial charge >= 0.3 is 11.9 Å². The lowest BCUT2D eigenvalue weighted by Crippen LogP contribution is -2.55. The smallest absolute Gasteiger partial charge is 0.303 e. The number of carbonyl (C=O) groups is 2. The predicted octanol–water partition coefficient (Wildman–Crippen LogP) is 4.57. The van der Waals surface area contributed by atoms with Crippen molar-refractivity contribution in [1.29, 1.82) is 0 Å². The molecular weight excluding hydrogens is 356 g/mol. The van der Waals surface area contributed by atoms with Crippen LogP contribution in [0.3, 0.4) is 0 Å². The minimum absolute atomic E-state index is 0.296. The van der Waals surface area contributed by atoms with E-state index in [0.29, 0.717) is 22.2 Å². The van der Waals surface area contributed by atoms with Crippen LogP contribution in [0.15, 0.2) is 0 Å². The van der Waals surface area contributed by atoms with Crippen LogP contribution in [0, 0.1) is 0 Å². The number of carboxylic acid groups (broad SMARTS) is 2. The molecule has 2 heterocycles. The van der Waals surface area contributed by atoms with Gasteiger partial charge in [-0.25, -0.2) is 0 Å². The van der Waals surface area contributed by atoms with Crippen molar-refractivity contribution in [3.8, 4) is 0 Å². The van der Waals surface area contributed by atoms with Gasteiger partial charge in [-0.1, -0.05) is 0 Å². The van der Waals surface area contributed by atoms with Gasteiger partial charge in [-0.2, -0.15) is 0 Å². The van der Waals surface area contributed by atoms with Gasteiger partial charge in [-0.05, 0) is 93.9 Å². The fraction of sp³-hybridized carbons (Fsp3) is 0.909. The van der Waals surface area contributed by atoms with Gasteiger partial charge in [-0.3, -0.25) is 9.59 Å². The zero-order chi connectivity index (χ0) is 22.2. The molecule has 0 saturated carbocycles. The minimum atomic E-state index is -1.08. The molecule has 0 unspecified atom stereocenters. The van der Waals surface area contributed by atoms with E-state index in [0.717, 1.165) is 0 Å². The first kappa shape index (κ1) is 26.9. The van der Waals surface area contributed by atoms with Gasteiger partial charge < -0.3 is 20.8 Å². The SMILES string of the molecule is CC1(C)CCCC(C)(C)N1.CC1(C)CCCC(C)(C)N1.O=C(O)CCC(=O)O. The first-order valence-corrected chi connectivity index (χ1v) is 10.5. The largest absolute Gasteiger partial charge is 0.481 e. The van der Waals surface area contributed by atoms with E-state index in [2.05, 4.69) is 66.0 Å². The Balaban J connectivity index is 0.000000394. The molecule has 0 aromatic heterocycles. The Morgan fingerprint density at radius 2 is 0.821 bits per heavy atom. The zero-order valence-corrected chi connectivity index (χ0v) is 19.4. The Labute approximate surface area is 171 Å². The van der Waals surface area contributed by atoms with E-state index in [1.807, 2.05) is 0 Å². The first-order valence-electron chi connectivity index (χ1n) is 10.5. The summed E-state index contributed by atoms with van der Waals surface area (Å²) in [5.74, 6) is -2.15.